The average molecular weight is 333 g/mol. The number of carbonyl (C=O) groups excluding carboxylic acids is 1. The van der Waals surface area contributed by atoms with Gasteiger partial charge in [0.2, 0.25) is 0 Å². The average Bonchev–Trinajstić information content (AvgIpc) is 2.59. The van der Waals surface area contributed by atoms with Crippen molar-refractivity contribution in [3.8, 4) is 11.5 Å². The highest BCUT2D eigenvalue weighted by atomic mass is 35.5. The first-order chi connectivity index (χ1) is 11.0. The Labute approximate surface area is 139 Å². The van der Waals surface area contributed by atoms with Crippen molar-refractivity contribution in [2.75, 3.05) is 14.2 Å². The van der Waals surface area contributed by atoms with Crippen LogP contribution in [0.5, 0.6) is 11.5 Å². The number of nitrogens with zero attached hydrogens (tertiary/aromatic N) is 1. The quantitative estimate of drug-likeness (QED) is 0.673. The lowest BCUT2D eigenvalue weighted by Gasteiger charge is -2.09. The molecule has 5 nitrogen and oxygen atoms in total. The summed E-state index contributed by atoms with van der Waals surface area (Å²) in [5.74, 6) is 0.930. The van der Waals surface area contributed by atoms with Crippen LogP contribution in [0.4, 0.5) is 0 Å². The predicted molar refractivity (Wildman–Crippen MR) is 90.7 cm³/mol. The van der Waals surface area contributed by atoms with E-state index < -0.39 is 0 Å². The fraction of sp³-hybridized carbons (Fsp3) is 0.176. The van der Waals surface area contributed by atoms with Crippen molar-refractivity contribution in [2.45, 2.75) is 6.92 Å². The van der Waals surface area contributed by atoms with Gasteiger partial charge in [-0.3, -0.25) is 4.79 Å². The number of nitrogens with one attached hydrogen (secondary N) is 1. The van der Waals surface area contributed by atoms with Gasteiger partial charge < -0.3 is 9.47 Å². The third-order valence-electron chi connectivity index (χ3n) is 3.23. The van der Waals surface area contributed by atoms with Crippen LogP contribution in [0.1, 0.15) is 22.8 Å². The minimum Gasteiger partial charge on any atom is -0.493 e. The van der Waals surface area contributed by atoms with Crippen LogP contribution < -0.4 is 14.9 Å². The Morgan fingerprint density at radius 3 is 2.22 bits per heavy atom. The van der Waals surface area contributed by atoms with Crippen molar-refractivity contribution in [3.05, 3.63) is 58.6 Å². The number of ether oxygens (including phenoxy) is 2. The zero-order valence-electron chi connectivity index (χ0n) is 13.1. The van der Waals surface area contributed by atoms with Crippen molar-refractivity contribution < 1.29 is 14.3 Å². The molecular formula is C17H17ClN2O3. The topological polar surface area (TPSA) is 59.9 Å². The van der Waals surface area contributed by atoms with Gasteiger partial charge in [0.25, 0.3) is 5.91 Å². The van der Waals surface area contributed by atoms with Gasteiger partial charge in [0.15, 0.2) is 11.5 Å². The molecule has 2 aromatic rings. The Balaban J connectivity index is 2.13. The molecule has 6 heteroatoms. The van der Waals surface area contributed by atoms with Crippen molar-refractivity contribution in [3.63, 3.8) is 0 Å². The van der Waals surface area contributed by atoms with Crippen LogP contribution in [-0.4, -0.2) is 25.8 Å². The van der Waals surface area contributed by atoms with Crippen molar-refractivity contribution in [1.29, 1.82) is 0 Å². The second kappa shape index (κ2) is 7.65. The number of rotatable bonds is 5. The lowest BCUT2D eigenvalue weighted by Crippen LogP contribution is -2.19. The standard InChI is InChI=1S/C17H17ClN2O3/c1-11(13-6-9-15(22-2)16(10-13)23-3)19-20-17(21)12-4-7-14(18)8-5-12/h4-10H,1-3H3,(H,20,21). The summed E-state index contributed by atoms with van der Waals surface area (Å²) in [5.41, 5.74) is 4.47. The van der Waals surface area contributed by atoms with Crippen LogP contribution in [-0.2, 0) is 0 Å². The van der Waals surface area contributed by atoms with Crippen molar-refractivity contribution in [1.82, 2.24) is 5.43 Å². The number of carbonyl (C=O) groups is 1. The van der Waals surface area contributed by atoms with Crippen LogP contribution in [0.2, 0.25) is 5.02 Å². The minimum atomic E-state index is -0.304. The minimum absolute atomic E-state index is 0.304. The highest BCUT2D eigenvalue weighted by Gasteiger charge is 2.08. The van der Waals surface area contributed by atoms with Gasteiger partial charge in [-0.2, -0.15) is 5.10 Å². The third kappa shape index (κ3) is 4.23. The Kier molecular flexibility index (Phi) is 5.60. The first kappa shape index (κ1) is 16.8. The highest BCUT2D eigenvalue weighted by Crippen LogP contribution is 2.27. The predicted octanol–water partition coefficient (Wildman–Crippen LogP) is 3.51. The number of amides is 1. The molecule has 2 rings (SSSR count). The lowest BCUT2D eigenvalue weighted by molar-refractivity contribution is 0.0955. The third-order valence-corrected chi connectivity index (χ3v) is 3.48. The number of benzene rings is 2. The maximum absolute atomic E-state index is 12.0. The molecule has 1 amide bonds. The number of halogens is 1. The Hall–Kier alpha value is -2.53. The summed E-state index contributed by atoms with van der Waals surface area (Å²) < 4.78 is 10.4. The maximum Gasteiger partial charge on any atom is 0.271 e. The van der Waals surface area contributed by atoms with Crippen LogP contribution in [0, 0.1) is 0 Å². The molecule has 0 spiro atoms. The second-order valence-electron chi connectivity index (χ2n) is 4.71. The lowest BCUT2D eigenvalue weighted by atomic mass is 10.1. The Bertz CT molecular complexity index is 727. The van der Waals surface area contributed by atoms with Crippen LogP contribution in [0.15, 0.2) is 47.6 Å². The van der Waals surface area contributed by atoms with E-state index in [-0.39, 0.29) is 5.91 Å². The molecule has 0 heterocycles. The number of hydrazone groups is 1. The summed E-state index contributed by atoms with van der Waals surface area (Å²) in [6.07, 6.45) is 0. The first-order valence-electron chi connectivity index (χ1n) is 6.87. The molecule has 0 atom stereocenters. The van der Waals surface area contributed by atoms with Gasteiger partial charge in [-0.25, -0.2) is 5.43 Å². The van der Waals surface area contributed by atoms with Gasteiger partial charge in [0, 0.05) is 16.1 Å². The molecule has 0 bridgehead atoms. The zero-order valence-corrected chi connectivity index (χ0v) is 13.8. The molecule has 0 saturated heterocycles. The molecule has 1 N–H and O–H groups in total. The number of methoxy groups -OCH3 is 2. The van der Waals surface area contributed by atoms with Gasteiger partial charge in [-0.05, 0) is 49.4 Å². The summed E-state index contributed by atoms with van der Waals surface area (Å²) in [7, 11) is 3.14. The Morgan fingerprint density at radius 2 is 1.61 bits per heavy atom. The van der Waals surface area contributed by atoms with Gasteiger partial charge in [0.05, 0.1) is 19.9 Å². The zero-order chi connectivity index (χ0) is 16.8. The summed E-state index contributed by atoms with van der Waals surface area (Å²) in [5, 5.41) is 4.69. The molecule has 0 aliphatic heterocycles. The van der Waals surface area contributed by atoms with Gasteiger partial charge in [0.1, 0.15) is 0 Å². The molecule has 0 aliphatic carbocycles. The first-order valence-corrected chi connectivity index (χ1v) is 7.25. The van der Waals surface area contributed by atoms with E-state index in [1.807, 2.05) is 6.07 Å². The van der Waals surface area contributed by atoms with Crippen LogP contribution in [0.3, 0.4) is 0 Å². The molecule has 2 aromatic carbocycles. The molecule has 0 aliphatic rings. The van der Waals surface area contributed by atoms with Crippen molar-refractivity contribution in [2.24, 2.45) is 5.10 Å². The van der Waals surface area contributed by atoms with E-state index in [1.54, 1.807) is 57.5 Å². The molecule has 120 valence electrons. The summed E-state index contributed by atoms with van der Waals surface area (Å²) >= 11 is 5.80. The van der Waals surface area contributed by atoms with Gasteiger partial charge in [-0.1, -0.05) is 11.6 Å². The normalized spacial score (nSPS) is 11.0. The van der Waals surface area contributed by atoms with E-state index in [1.165, 1.54) is 0 Å². The van der Waals surface area contributed by atoms with Crippen molar-refractivity contribution >= 4 is 23.2 Å². The molecule has 0 saturated carbocycles. The highest BCUT2D eigenvalue weighted by molar-refractivity contribution is 6.30. The van der Waals surface area contributed by atoms with E-state index in [0.717, 1.165) is 5.56 Å². The maximum atomic E-state index is 12.0. The molecule has 0 unspecified atom stereocenters. The SMILES string of the molecule is COc1ccc(C(C)=NNC(=O)c2ccc(Cl)cc2)cc1OC. The summed E-state index contributed by atoms with van der Waals surface area (Å²) in [4.78, 5) is 12.0. The smallest absolute Gasteiger partial charge is 0.271 e. The molecule has 0 aromatic heterocycles. The van der Waals surface area contributed by atoms with Gasteiger partial charge >= 0.3 is 0 Å². The molecule has 23 heavy (non-hydrogen) atoms. The second-order valence-corrected chi connectivity index (χ2v) is 5.15. The van der Waals surface area contributed by atoms with Gasteiger partial charge in [-0.15, -0.1) is 0 Å². The van der Waals surface area contributed by atoms with E-state index in [4.69, 9.17) is 21.1 Å². The monoisotopic (exact) mass is 332 g/mol. The molecule has 0 fully saturated rings. The fourth-order valence-electron chi connectivity index (χ4n) is 1.93. The van der Waals surface area contributed by atoms with Crippen LogP contribution >= 0.6 is 11.6 Å². The number of hydrogen-bond donors (Lipinski definition) is 1. The Morgan fingerprint density at radius 1 is 1.00 bits per heavy atom. The van der Waals surface area contributed by atoms with Crippen LogP contribution in [0.25, 0.3) is 0 Å². The summed E-state index contributed by atoms with van der Waals surface area (Å²) in [6, 6.07) is 12.0. The molecule has 0 radical (unpaired) electrons. The fourth-order valence-corrected chi connectivity index (χ4v) is 2.05. The number of hydrogen-bond acceptors (Lipinski definition) is 4. The summed E-state index contributed by atoms with van der Waals surface area (Å²) in [6.45, 7) is 1.80. The largest absolute Gasteiger partial charge is 0.493 e. The molecular weight excluding hydrogens is 316 g/mol. The van der Waals surface area contributed by atoms with E-state index in [2.05, 4.69) is 10.5 Å². The van der Waals surface area contributed by atoms with E-state index in [9.17, 15) is 4.79 Å². The van der Waals surface area contributed by atoms with E-state index >= 15 is 0 Å². The van der Waals surface area contributed by atoms with E-state index in [0.29, 0.717) is 27.8 Å².